The van der Waals surface area contributed by atoms with E-state index in [2.05, 4.69) is 37.6 Å². The number of nitrogens with zero attached hydrogens (tertiary/aromatic N) is 4. The van der Waals surface area contributed by atoms with Gasteiger partial charge in [0.25, 0.3) is 5.91 Å². The van der Waals surface area contributed by atoms with Crippen LogP contribution in [-0.2, 0) is 22.7 Å². The van der Waals surface area contributed by atoms with Crippen LogP contribution in [0.25, 0.3) is 10.9 Å². The van der Waals surface area contributed by atoms with Crippen molar-refractivity contribution in [2.75, 3.05) is 25.5 Å². The Labute approximate surface area is 214 Å². The Hall–Kier alpha value is -4.05. The van der Waals surface area contributed by atoms with Gasteiger partial charge in [0.15, 0.2) is 0 Å². The van der Waals surface area contributed by atoms with Crippen molar-refractivity contribution in [3.05, 3.63) is 59.3 Å². The first kappa shape index (κ1) is 23.4. The van der Waals surface area contributed by atoms with Crippen LogP contribution >= 0.6 is 0 Å². The second-order valence-electron chi connectivity index (χ2n) is 9.82. The Kier molecular flexibility index (Phi) is 5.96. The van der Waals surface area contributed by atoms with Gasteiger partial charge in [-0.1, -0.05) is 6.07 Å². The van der Waals surface area contributed by atoms with Crippen molar-refractivity contribution in [2.24, 2.45) is 0 Å². The van der Waals surface area contributed by atoms with Crippen molar-refractivity contribution in [1.29, 1.82) is 0 Å². The molecule has 3 amide bonds. The summed E-state index contributed by atoms with van der Waals surface area (Å²) in [5.74, 6) is 0.475. The van der Waals surface area contributed by atoms with E-state index < -0.39 is 11.9 Å². The third kappa shape index (κ3) is 4.60. The van der Waals surface area contributed by atoms with E-state index in [-0.39, 0.29) is 24.3 Å². The minimum atomic E-state index is -0.614. The van der Waals surface area contributed by atoms with Crippen molar-refractivity contribution in [2.45, 2.75) is 44.5 Å². The summed E-state index contributed by atoms with van der Waals surface area (Å²) in [5, 5.41) is 6.32. The molecule has 37 heavy (non-hydrogen) atoms. The average Bonchev–Trinajstić information content (AvgIpc) is 3.47. The van der Waals surface area contributed by atoms with Gasteiger partial charge in [-0.3, -0.25) is 24.6 Å². The molecule has 3 aliphatic heterocycles. The Morgan fingerprint density at radius 3 is 2.86 bits per heavy atom. The van der Waals surface area contributed by atoms with Gasteiger partial charge in [-0.2, -0.15) is 0 Å². The molecule has 3 aliphatic rings. The van der Waals surface area contributed by atoms with Gasteiger partial charge < -0.3 is 15.0 Å². The molecule has 1 aromatic heterocycles. The van der Waals surface area contributed by atoms with E-state index in [1.165, 1.54) is 5.56 Å². The van der Waals surface area contributed by atoms with Crippen molar-refractivity contribution >= 4 is 34.6 Å². The third-order valence-corrected chi connectivity index (χ3v) is 7.30. The molecular formula is C27H28N6O4. The highest BCUT2D eigenvalue weighted by molar-refractivity contribution is 6.05. The summed E-state index contributed by atoms with van der Waals surface area (Å²) in [7, 11) is 1.81. The number of fused-ring (bicyclic) bond motifs is 2. The summed E-state index contributed by atoms with van der Waals surface area (Å²) >= 11 is 0. The lowest BCUT2D eigenvalue weighted by molar-refractivity contribution is -0.136. The molecular weight excluding hydrogens is 472 g/mol. The molecule has 10 heteroatoms. The van der Waals surface area contributed by atoms with E-state index in [9.17, 15) is 14.4 Å². The molecule has 2 N–H and O–H groups in total. The second kappa shape index (κ2) is 9.44. The summed E-state index contributed by atoms with van der Waals surface area (Å²) < 4.78 is 6.29. The second-order valence-corrected chi connectivity index (χ2v) is 9.82. The van der Waals surface area contributed by atoms with Crippen molar-refractivity contribution in [3.63, 3.8) is 0 Å². The van der Waals surface area contributed by atoms with Crippen molar-refractivity contribution < 1.29 is 19.1 Å². The molecule has 0 radical (unpaired) electrons. The number of benzene rings is 2. The molecule has 6 rings (SSSR count). The van der Waals surface area contributed by atoms with Gasteiger partial charge in [-0.05, 0) is 54.3 Å². The van der Waals surface area contributed by atoms with Crippen LogP contribution in [0.5, 0.6) is 5.75 Å². The number of aromatic nitrogens is 2. The monoisotopic (exact) mass is 500 g/mol. The van der Waals surface area contributed by atoms with Gasteiger partial charge in [0.2, 0.25) is 17.8 Å². The maximum absolute atomic E-state index is 12.9. The van der Waals surface area contributed by atoms with E-state index in [1.54, 1.807) is 18.0 Å². The van der Waals surface area contributed by atoms with Crippen LogP contribution in [0.4, 0.5) is 5.95 Å². The topological polar surface area (TPSA) is 117 Å². The SMILES string of the molecule is CNc1ncc2cc(CN3CC[C@H](Oc4ccc5c(c4)CN(C4CCC(=O)NC4=O)C5=O)C3)ccc2n1. The van der Waals surface area contributed by atoms with E-state index >= 15 is 0 Å². The normalized spacial score (nSPS) is 21.9. The first-order chi connectivity index (χ1) is 18.0. The largest absolute Gasteiger partial charge is 0.489 e. The van der Waals surface area contributed by atoms with Gasteiger partial charge in [0.05, 0.1) is 5.52 Å². The number of ether oxygens (including phenoxy) is 1. The number of nitrogens with one attached hydrogen (secondary N) is 2. The molecule has 1 unspecified atom stereocenters. The summed E-state index contributed by atoms with van der Waals surface area (Å²) in [6.07, 6.45) is 3.41. The zero-order valence-electron chi connectivity index (χ0n) is 20.6. The Balaban J connectivity index is 1.07. The first-order valence-electron chi connectivity index (χ1n) is 12.6. The lowest BCUT2D eigenvalue weighted by Gasteiger charge is -2.29. The molecule has 4 heterocycles. The number of hydrogen-bond acceptors (Lipinski definition) is 8. The van der Waals surface area contributed by atoms with Gasteiger partial charge in [0, 0.05) is 56.8 Å². The maximum Gasteiger partial charge on any atom is 0.255 e. The van der Waals surface area contributed by atoms with Crippen LogP contribution in [0.1, 0.15) is 40.7 Å². The first-order valence-corrected chi connectivity index (χ1v) is 12.6. The van der Waals surface area contributed by atoms with Gasteiger partial charge in [0.1, 0.15) is 17.9 Å². The fourth-order valence-corrected chi connectivity index (χ4v) is 5.41. The number of carbonyl (C=O) groups is 3. The summed E-state index contributed by atoms with van der Waals surface area (Å²) in [6, 6.07) is 11.2. The smallest absolute Gasteiger partial charge is 0.255 e. The van der Waals surface area contributed by atoms with E-state index in [1.807, 2.05) is 24.4 Å². The number of likely N-dealkylation sites (tertiary alicyclic amines) is 1. The number of anilines is 1. The summed E-state index contributed by atoms with van der Waals surface area (Å²) in [5.41, 5.74) is 3.56. The lowest BCUT2D eigenvalue weighted by Crippen LogP contribution is -2.52. The quantitative estimate of drug-likeness (QED) is 0.494. The molecule has 190 valence electrons. The van der Waals surface area contributed by atoms with Crippen LogP contribution in [-0.4, -0.2) is 69.8 Å². The molecule has 0 bridgehead atoms. The van der Waals surface area contributed by atoms with Crippen molar-refractivity contribution in [1.82, 2.24) is 25.1 Å². The molecule has 10 nitrogen and oxygen atoms in total. The molecule has 0 aliphatic carbocycles. The zero-order valence-corrected chi connectivity index (χ0v) is 20.6. The van der Waals surface area contributed by atoms with Crippen LogP contribution in [0.15, 0.2) is 42.6 Å². The predicted molar refractivity (Wildman–Crippen MR) is 136 cm³/mol. The highest BCUT2D eigenvalue weighted by atomic mass is 16.5. The number of piperidine rings is 1. The third-order valence-electron chi connectivity index (χ3n) is 7.30. The summed E-state index contributed by atoms with van der Waals surface area (Å²) in [4.78, 5) is 49.4. The van der Waals surface area contributed by atoms with E-state index in [4.69, 9.17) is 4.74 Å². The minimum Gasteiger partial charge on any atom is -0.489 e. The molecule has 2 aromatic carbocycles. The minimum absolute atomic E-state index is 0.0587. The molecule has 3 aromatic rings. The van der Waals surface area contributed by atoms with Crippen molar-refractivity contribution in [3.8, 4) is 5.75 Å². The van der Waals surface area contributed by atoms with Crippen LogP contribution in [0.3, 0.4) is 0 Å². The zero-order chi connectivity index (χ0) is 25.5. The maximum atomic E-state index is 12.9. The number of amides is 3. The predicted octanol–water partition coefficient (Wildman–Crippen LogP) is 2.09. The number of hydrogen-bond donors (Lipinski definition) is 2. The number of rotatable bonds is 6. The Morgan fingerprint density at radius 2 is 2.03 bits per heavy atom. The highest BCUT2D eigenvalue weighted by Crippen LogP contribution is 2.31. The van der Waals surface area contributed by atoms with Gasteiger partial charge in [-0.15, -0.1) is 0 Å². The number of imide groups is 1. The summed E-state index contributed by atoms with van der Waals surface area (Å²) in [6.45, 7) is 2.91. The molecule has 2 atom stereocenters. The van der Waals surface area contributed by atoms with E-state index in [0.29, 0.717) is 24.5 Å². The standard InChI is InChI=1S/C27H28N6O4/c1-28-27-29-12-17-10-16(2-5-22(17)30-27)13-32-9-8-20(15-32)37-19-3-4-21-18(11-19)14-33(26(21)36)23-6-7-24(34)31-25(23)35/h2-5,10-12,20,23H,6-9,13-15H2,1H3,(H,28,29,30)(H,31,34,35)/t20-,23?/m0/s1. The molecule has 0 saturated carbocycles. The van der Waals surface area contributed by atoms with Crippen LogP contribution in [0.2, 0.25) is 0 Å². The Morgan fingerprint density at radius 1 is 1.14 bits per heavy atom. The van der Waals surface area contributed by atoms with Gasteiger partial charge >= 0.3 is 0 Å². The van der Waals surface area contributed by atoms with Gasteiger partial charge in [-0.25, -0.2) is 9.97 Å². The molecule has 0 spiro atoms. The average molecular weight is 501 g/mol. The van der Waals surface area contributed by atoms with Crippen LogP contribution in [0, 0.1) is 0 Å². The number of carbonyl (C=O) groups excluding carboxylic acids is 3. The van der Waals surface area contributed by atoms with Crippen LogP contribution < -0.4 is 15.4 Å². The highest BCUT2D eigenvalue weighted by Gasteiger charge is 2.39. The lowest BCUT2D eigenvalue weighted by atomic mass is 10.0. The van der Waals surface area contributed by atoms with E-state index in [0.717, 1.165) is 48.3 Å². The molecule has 2 saturated heterocycles. The molecule has 2 fully saturated rings. The fourth-order valence-electron chi connectivity index (χ4n) is 5.41. The fraction of sp³-hybridized carbons (Fsp3) is 0.370. The Bertz CT molecular complexity index is 1410.